The van der Waals surface area contributed by atoms with Crippen molar-refractivity contribution < 1.29 is 33.7 Å². The standard InChI is InChI=1S/C35H67N9O2.C33H62N8O3.C29H55N9O2.C2H7N.CH4/c1-7-36-35(45)33-9-11-34(12-10-33)46-32-8-13-42-24-18-41(6)23-27-43-25-19-37(2)14-16-39(4)21-28-44(31-30-42)29-22-40(5)17-15-38(3)20-26-43;1-34-12-14-36(3)19-26-41-27-20-37(4)15-13-35(2)18-24-40(23-17-34)25-21-38(5)16-22-39(28-29-41)11-6-30-44-32-9-7-31(8-10-32)33(42)43;1-30-29(39)27-3-5-28(6-4-27)40-26-2-17-36-18-15-35-16-21-37-19-11-31-7-9-33-13-22-38(25-24-36)23-14-34-10-8-32-12-20-37;1-2-3;/h9-12H,7-8,13-32H2,1-6H3,(H,36,45);7-10H,6,11-30H2,1-5H3,(H,42,43);3-6,31-35H,2,7-26H2,1H3,(H,30,39);2-3H2,1H3;1H4. The molecule has 0 radical (unpaired) electrons. The Morgan fingerprint density at radius 2 is 0.485 bits per heavy atom. The third-order valence-electron chi connectivity index (χ3n) is 26.4. The van der Waals surface area contributed by atoms with Gasteiger partial charge in [0, 0.05) is 398 Å². The van der Waals surface area contributed by atoms with E-state index in [1.807, 2.05) is 62.4 Å². The van der Waals surface area contributed by atoms with E-state index in [1.54, 1.807) is 31.3 Å². The van der Waals surface area contributed by atoms with Crippen molar-refractivity contribution in [3.8, 4) is 17.2 Å². The molecule has 12 rings (SSSR count). The SMILES string of the molecule is C.CCN.CCNC(=O)c1ccc(OCCCN2CCN(C)CCN3CCN(C)CCN(C)CCN(CCN(C)CCN(C)CC3)CC2)cc1.CN1CCN(C)CCN2CCN(C)CCN(C)CCN(CC1)CCN(C)CCN(CCCOc1ccc(C(=O)O)cc1)CC2.CNC(=O)c1ccc(OCCCN2CCNCCN3CCNCCNCCN(CCNCCNCC3)CC2)cc1. The van der Waals surface area contributed by atoms with Gasteiger partial charge in [-0.2, -0.15) is 0 Å². The summed E-state index contributed by atoms with van der Waals surface area (Å²) >= 11 is 0. The lowest BCUT2D eigenvalue weighted by atomic mass is 10.2. The highest BCUT2D eigenvalue weighted by Crippen LogP contribution is 2.17. The summed E-state index contributed by atoms with van der Waals surface area (Å²) in [6.45, 7) is 68.2. The Bertz CT molecular complexity index is 3280. The average Bonchev–Trinajstić information content (AvgIpc) is 0.893. The highest BCUT2D eigenvalue weighted by atomic mass is 16.5. The van der Waals surface area contributed by atoms with Crippen molar-refractivity contribution in [2.75, 3.05) is 483 Å². The number of hydrogen-bond acceptors (Lipinski definition) is 31. The minimum Gasteiger partial charge on any atom is -0.494 e. The number of benzene rings is 3. The van der Waals surface area contributed by atoms with Crippen LogP contribution in [0, 0.1) is 0 Å². The fraction of sp³-hybridized carbons (Fsp3) is 0.790. The number of carbonyl (C=O) groups is 3. The van der Waals surface area contributed by atoms with Gasteiger partial charge < -0.3 is 126 Å². The van der Waals surface area contributed by atoms with E-state index in [4.69, 9.17) is 25.1 Å². The zero-order valence-electron chi connectivity index (χ0n) is 85.9. The average molecular weight is 1890 g/mol. The van der Waals surface area contributed by atoms with Crippen LogP contribution in [0.2, 0.25) is 0 Å². The summed E-state index contributed by atoms with van der Waals surface area (Å²) in [5, 5.41) is 32.8. The fourth-order valence-electron chi connectivity index (χ4n) is 16.4. The van der Waals surface area contributed by atoms with Crippen LogP contribution in [0.5, 0.6) is 17.2 Å². The molecule has 0 aromatic heterocycles. The molecule has 34 heteroatoms. The van der Waals surface area contributed by atoms with Crippen molar-refractivity contribution in [1.29, 1.82) is 0 Å². The Balaban J connectivity index is 0.000000349. The van der Waals surface area contributed by atoms with Crippen LogP contribution in [-0.4, -0.2) is 599 Å². The molecule has 34 nitrogen and oxygen atoms in total. The normalized spacial score (nSPS) is 24.2. The van der Waals surface area contributed by atoms with Gasteiger partial charge in [-0.15, -0.1) is 0 Å². The number of nitrogens with one attached hydrogen (secondary N) is 7. The molecule has 0 spiro atoms. The van der Waals surface area contributed by atoms with Gasteiger partial charge in [0.15, 0.2) is 0 Å². The number of carboxylic acid groups (broad SMARTS) is 1. The van der Waals surface area contributed by atoms with Gasteiger partial charge >= 0.3 is 5.97 Å². The maximum absolute atomic E-state index is 12.1. The number of aromatic carboxylic acids is 1. The molecule has 6 bridgehead atoms. The van der Waals surface area contributed by atoms with Crippen molar-refractivity contribution in [2.45, 2.75) is 40.5 Å². The number of carboxylic acids is 1. The first-order valence-corrected chi connectivity index (χ1v) is 51.1. The lowest BCUT2D eigenvalue weighted by Gasteiger charge is -2.34. The molecule has 9 aliphatic rings. The minimum absolute atomic E-state index is 0. The third-order valence-corrected chi connectivity index (χ3v) is 26.4. The number of nitrogens with two attached hydrogens (primary N) is 1. The van der Waals surface area contributed by atoms with Crippen molar-refractivity contribution in [2.24, 2.45) is 5.73 Å². The summed E-state index contributed by atoms with van der Waals surface area (Å²) < 4.78 is 18.1. The predicted molar refractivity (Wildman–Crippen MR) is 557 cm³/mol. The monoisotopic (exact) mass is 1890 g/mol. The molecule has 9 fully saturated rings. The first-order chi connectivity index (χ1) is 64.5. The second-order valence-corrected chi connectivity index (χ2v) is 37.7. The largest absolute Gasteiger partial charge is 0.494 e. The zero-order valence-corrected chi connectivity index (χ0v) is 85.9. The molecule has 134 heavy (non-hydrogen) atoms. The first kappa shape index (κ1) is 119. The second-order valence-electron chi connectivity index (χ2n) is 37.7. The van der Waals surface area contributed by atoms with Crippen molar-refractivity contribution in [3.05, 3.63) is 89.5 Å². The van der Waals surface area contributed by atoms with Crippen LogP contribution in [0.15, 0.2) is 72.8 Å². The summed E-state index contributed by atoms with van der Waals surface area (Å²) in [6, 6.07) is 21.6. The number of ether oxygens (including phenoxy) is 3. The molecular formula is C100H195N27O7. The van der Waals surface area contributed by atoms with E-state index in [0.29, 0.717) is 37.5 Å². The molecule has 3 aromatic carbocycles. The molecular weight excluding hydrogens is 1690 g/mol. The highest BCUT2D eigenvalue weighted by Gasteiger charge is 2.22. The number of amides is 2. The van der Waals surface area contributed by atoms with E-state index < -0.39 is 5.97 Å². The highest BCUT2D eigenvalue weighted by molar-refractivity contribution is 5.94. The lowest BCUT2D eigenvalue weighted by molar-refractivity contribution is 0.0696. The summed E-state index contributed by atoms with van der Waals surface area (Å²) in [7, 11) is 24.4. The van der Waals surface area contributed by atoms with Crippen LogP contribution in [0.25, 0.3) is 0 Å². The number of likely N-dealkylation sites (N-methyl/N-ethyl adjacent to an activating group) is 10. The molecule has 9 heterocycles. The van der Waals surface area contributed by atoms with Gasteiger partial charge in [0.2, 0.25) is 0 Å². The van der Waals surface area contributed by atoms with Gasteiger partial charge in [0.1, 0.15) is 17.2 Å². The van der Waals surface area contributed by atoms with Crippen LogP contribution in [0.4, 0.5) is 0 Å². The Labute approximate surface area is 814 Å². The van der Waals surface area contributed by atoms with E-state index in [-0.39, 0.29) is 24.8 Å². The Kier molecular flexibility index (Phi) is 66.1. The Morgan fingerprint density at radius 3 is 0.739 bits per heavy atom. The number of hydrogen-bond donors (Lipinski definition) is 9. The summed E-state index contributed by atoms with van der Waals surface area (Å²) in [4.78, 5) is 83.8. The van der Waals surface area contributed by atoms with Crippen LogP contribution >= 0.6 is 0 Å². The van der Waals surface area contributed by atoms with Gasteiger partial charge in [-0.3, -0.25) is 39.0 Å². The molecule has 0 unspecified atom stereocenters. The number of rotatable bonds is 19. The van der Waals surface area contributed by atoms with E-state index in [9.17, 15) is 14.4 Å². The van der Waals surface area contributed by atoms with Gasteiger partial charge in [-0.05, 0) is 176 Å². The maximum atomic E-state index is 12.1. The topological polar surface area (TPSA) is 271 Å². The smallest absolute Gasteiger partial charge is 0.335 e. The molecule has 9 saturated heterocycles. The fourth-order valence-corrected chi connectivity index (χ4v) is 16.4. The van der Waals surface area contributed by atoms with Crippen LogP contribution < -0.4 is 57.2 Å². The Morgan fingerprint density at radius 1 is 0.291 bits per heavy atom. The summed E-state index contributed by atoms with van der Waals surface area (Å²) in [5.74, 6) is 1.32. The number of fused-ring (bicyclic) bond motifs is 63. The van der Waals surface area contributed by atoms with Crippen molar-refractivity contribution >= 4 is 17.8 Å². The van der Waals surface area contributed by atoms with Crippen LogP contribution in [0.3, 0.4) is 0 Å². The van der Waals surface area contributed by atoms with Crippen LogP contribution in [-0.2, 0) is 0 Å². The molecule has 0 atom stereocenters. The molecule has 9 aliphatic heterocycles. The van der Waals surface area contributed by atoms with E-state index in [0.717, 1.165) is 416 Å². The number of carbonyl (C=O) groups excluding carboxylic acids is 2. The van der Waals surface area contributed by atoms with E-state index in [2.05, 4.69) is 201 Å². The zero-order chi connectivity index (χ0) is 95.7. The number of nitrogens with zero attached hydrogens (tertiary/aromatic N) is 19. The molecule has 10 N–H and O–H groups in total. The van der Waals surface area contributed by atoms with Crippen molar-refractivity contribution in [1.82, 2.24) is 130 Å². The molecule has 772 valence electrons. The second kappa shape index (κ2) is 74.5. The predicted octanol–water partition coefficient (Wildman–Crippen LogP) is 0.841. The summed E-state index contributed by atoms with van der Waals surface area (Å²) in [6.07, 6.45) is 2.88. The van der Waals surface area contributed by atoms with Crippen LogP contribution in [0.1, 0.15) is 71.6 Å². The summed E-state index contributed by atoms with van der Waals surface area (Å²) in [5.41, 5.74) is 6.45. The molecule has 2 amide bonds. The quantitative estimate of drug-likeness (QED) is 0.0753. The first-order valence-electron chi connectivity index (χ1n) is 51.1. The van der Waals surface area contributed by atoms with Gasteiger partial charge in [-0.1, -0.05) is 14.4 Å². The van der Waals surface area contributed by atoms with Gasteiger partial charge in [0.25, 0.3) is 11.8 Å². The molecule has 3 aromatic rings. The molecule has 0 aliphatic carbocycles. The lowest BCUT2D eigenvalue weighted by Crippen LogP contribution is -2.47. The molecule has 0 saturated carbocycles. The van der Waals surface area contributed by atoms with E-state index in [1.165, 1.54) is 0 Å². The minimum atomic E-state index is -0.913. The van der Waals surface area contributed by atoms with E-state index >= 15 is 0 Å². The third kappa shape index (κ3) is 56.7. The van der Waals surface area contributed by atoms with Gasteiger partial charge in [-0.25, -0.2) is 4.79 Å². The van der Waals surface area contributed by atoms with Crippen molar-refractivity contribution in [3.63, 3.8) is 0 Å². The Hall–Kier alpha value is -5.53. The maximum Gasteiger partial charge on any atom is 0.335 e. The van der Waals surface area contributed by atoms with Gasteiger partial charge in [0.05, 0.1) is 25.4 Å².